The van der Waals surface area contributed by atoms with E-state index < -0.39 is 30.0 Å². The minimum atomic E-state index is -0.623. The van der Waals surface area contributed by atoms with Crippen LogP contribution in [0.25, 0.3) is 0 Å². The topological polar surface area (TPSA) is 173 Å². The third-order valence-electron chi connectivity index (χ3n) is 9.82. The number of nitrogens with one attached hydrogen (secondary N) is 1. The minimum Gasteiger partial charge on any atom is -0.493 e. The smallest absolute Gasteiger partial charge is 0.407 e. The molecular weight excluding hydrogens is 769 g/mol. The van der Waals surface area contributed by atoms with Crippen LogP contribution < -0.4 is 30.2 Å². The Labute approximate surface area is 354 Å². The van der Waals surface area contributed by atoms with E-state index in [0.29, 0.717) is 43.2 Å². The molecule has 3 aromatic carbocycles. The van der Waals surface area contributed by atoms with Crippen molar-refractivity contribution in [2.24, 2.45) is 0 Å². The highest BCUT2D eigenvalue weighted by atomic mass is 16.6. The number of para-hydroxylation sites is 1. The minimum absolute atomic E-state index is 0.0329. The Hall–Kier alpha value is -5.83. The van der Waals surface area contributed by atoms with Crippen molar-refractivity contribution in [3.8, 4) is 17.2 Å². The third kappa shape index (κ3) is 13.6. The molecule has 1 aliphatic heterocycles. The van der Waals surface area contributed by atoms with Crippen LogP contribution in [0.5, 0.6) is 17.2 Å². The number of carbonyl (C=O) groups excluding carboxylic acids is 5. The second-order valence-electron chi connectivity index (χ2n) is 16.1. The van der Waals surface area contributed by atoms with E-state index in [1.807, 2.05) is 24.0 Å². The summed E-state index contributed by atoms with van der Waals surface area (Å²) in [6.07, 6.45) is 2.73. The van der Waals surface area contributed by atoms with Gasteiger partial charge in [-0.2, -0.15) is 0 Å². The van der Waals surface area contributed by atoms with Crippen molar-refractivity contribution in [3.63, 3.8) is 0 Å². The number of ether oxygens (including phenoxy) is 4. The molecule has 4 rings (SSSR count). The molecule has 15 nitrogen and oxygen atoms in total. The summed E-state index contributed by atoms with van der Waals surface area (Å²) in [6, 6.07) is 15.1. The lowest BCUT2D eigenvalue weighted by Gasteiger charge is -2.32. The van der Waals surface area contributed by atoms with Gasteiger partial charge in [-0.1, -0.05) is 18.2 Å². The Bertz CT molecular complexity index is 1970. The summed E-state index contributed by atoms with van der Waals surface area (Å²) in [5.74, 6) is -0.492. The van der Waals surface area contributed by atoms with Crippen molar-refractivity contribution < 1.29 is 42.9 Å². The van der Waals surface area contributed by atoms with Gasteiger partial charge in [-0.05, 0) is 102 Å². The fourth-order valence-electron chi connectivity index (χ4n) is 6.32. The highest BCUT2D eigenvalue weighted by Gasteiger charge is 2.28. The number of carbonyl (C=O) groups is 5. The van der Waals surface area contributed by atoms with Gasteiger partial charge in [0.1, 0.15) is 17.1 Å². The molecule has 1 aliphatic rings. The molecule has 3 N–H and O–H groups in total. The van der Waals surface area contributed by atoms with Crippen molar-refractivity contribution in [2.75, 3.05) is 91.4 Å². The van der Waals surface area contributed by atoms with Crippen LogP contribution in [0.4, 0.5) is 16.2 Å². The van der Waals surface area contributed by atoms with Gasteiger partial charge < -0.3 is 49.6 Å². The van der Waals surface area contributed by atoms with Gasteiger partial charge in [0, 0.05) is 60.3 Å². The van der Waals surface area contributed by atoms with E-state index in [4.69, 9.17) is 24.7 Å². The number of nitrogens with two attached hydrogens (primary N) is 1. The average Bonchev–Trinajstić information content (AvgIpc) is 3.20. The normalized spacial score (nSPS) is 13.0. The summed E-state index contributed by atoms with van der Waals surface area (Å²) in [4.78, 5) is 72.6. The maximum Gasteiger partial charge on any atom is 0.407 e. The number of likely N-dealkylation sites (N-methyl/N-ethyl adjacent to an activating group) is 2. The molecule has 1 saturated heterocycles. The predicted octanol–water partition coefficient (Wildman–Crippen LogP) is 5.56. The first-order valence-corrected chi connectivity index (χ1v) is 20.4. The monoisotopic (exact) mass is 830 g/mol. The van der Waals surface area contributed by atoms with Gasteiger partial charge >= 0.3 is 6.09 Å². The lowest BCUT2D eigenvalue weighted by atomic mass is 9.98. The van der Waals surface area contributed by atoms with E-state index in [2.05, 4.69) is 17.3 Å². The number of nitrogen functional groups attached to an aromatic ring is 1. The van der Waals surface area contributed by atoms with Crippen LogP contribution in [0.1, 0.15) is 84.7 Å². The second kappa shape index (κ2) is 22.0. The zero-order valence-corrected chi connectivity index (χ0v) is 36.4. The van der Waals surface area contributed by atoms with Crippen LogP contribution in [0.3, 0.4) is 0 Å². The third-order valence-corrected chi connectivity index (χ3v) is 9.82. The maximum absolute atomic E-state index is 14.2. The Morgan fingerprint density at radius 2 is 1.45 bits per heavy atom. The van der Waals surface area contributed by atoms with Gasteiger partial charge in [0.15, 0.2) is 12.4 Å². The Morgan fingerprint density at radius 1 is 0.783 bits per heavy atom. The molecule has 326 valence electrons. The van der Waals surface area contributed by atoms with Gasteiger partial charge in [0.05, 0.1) is 41.3 Å². The first-order chi connectivity index (χ1) is 28.5. The molecule has 0 aliphatic carbocycles. The molecule has 60 heavy (non-hydrogen) atoms. The van der Waals surface area contributed by atoms with Crippen molar-refractivity contribution in [3.05, 3.63) is 76.9 Å². The van der Waals surface area contributed by atoms with Crippen molar-refractivity contribution in [1.82, 2.24) is 20.0 Å². The number of nitrogens with zero attached hydrogens (tertiary/aromatic N) is 4. The molecular formula is C45H62N6O9. The van der Waals surface area contributed by atoms with E-state index in [-0.39, 0.29) is 46.5 Å². The second-order valence-corrected chi connectivity index (χ2v) is 16.1. The van der Waals surface area contributed by atoms with Gasteiger partial charge in [0.2, 0.25) is 11.7 Å². The molecule has 0 aromatic heterocycles. The van der Waals surface area contributed by atoms with Gasteiger partial charge in [-0.3, -0.25) is 19.2 Å². The maximum atomic E-state index is 14.2. The van der Waals surface area contributed by atoms with E-state index >= 15 is 0 Å². The van der Waals surface area contributed by atoms with E-state index in [9.17, 15) is 24.0 Å². The largest absolute Gasteiger partial charge is 0.493 e. The zero-order chi connectivity index (χ0) is 44.0. The number of anilines is 2. The number of alkyl carbamates (subject to hydrolysis) is 1. The molecule has 0 unspecified atom stereocenters. The fraction of sp³-hybridized carbons (Fsp3) is 0.489. The molecule has 0 bridgehead atoms. The standard InChI is InChI=1S/C45H62N6O9/c1-31-18-21-35(37(29-31)58-27-13-9-10-17-38(52)51-25-23-49(7)24-26-51)50(8)43(55)33-19-20-34(42(40(33)46)59-30-39(53)48(5)6)41(54)32-15-11-12-16-36(32)57-28-14-22-47-44(56)60-45(2,3)4/h11-12,15-16,18-21,29H,9-10,13-14,17,22-28,30,46H2,1-8H3,(H,47,56). The SMILES string of the molecule is Cc1ccc(N(C)C(=O)c2ccc(C(=O)c3ccccc3OCCCNC(=O)OC(C)(C)C)c(OCC(=O)N(C)C)c2N)c(OCCCCCC(=O)N2CCN(C)CC2)c1. The van der Waals surface area contributed by atoms with Crippen molar-refractivity contribution in [1.29, 1.82) is 0 Å². The molecule has 4 amide bonds. The molecule has 1 heterocycles. The summed E-state index contributed by atoms with van der Waals surface area (Å²) >= 11 is 0. The Balaban J connectivity index is 1.48. The van der Waals surface area contributed by atoms with Gasteiger partial charge in [0.25, 0.3) is 11.8 Å². The zero-order valence-electron chi connectivity index (χ0n) is 36.4. The van der Waals surface area contributed by atoms with E-state index in [1.165, 1.54) is 21.9 Å². The highest BCUT2D eigenvalue weighted by molar-refractivity contribution is 6.16. The van der Waals surface area contributed by atoms with Crippen molar-refractivity contribution >= 4 is 41.0 Å². The summed E-state index contributed by atoms with van der Waals surface area (Å²) in [5.41, 5.74) is 7.68. The number of hydrogen-bond donors (Lipinski definition) is 2. The Morgan fingerprint density at radius 3 is 2.15 bits per heavy atom. The van der Waals surface area contributed by atoms with E-state index in [1.54, 1.807) is 72.2 Å². The van der Waals surface area contributed by atoms with Crippen LogP contribution in [0.2, 0.25) is 0 Å². The molecule has 3 aromatic rings. The van der Waals surface area contributed by atoms with Crippen molar-refractivity contribution in [2.45, 2.75) is 65.4 Å². The number of benzene rings is 3. The van der Waals surface area contributed by atoms with E-state index in [0.717, 1.165) is 51.0 Å². The average molecular weight is 831 g/mol. The van der Waals surface area contributed by atoms with Crippen LogP contribution in [0, 0.1) is 6.92 Å². The number of unbranched alkanes of at least 4 members (excludes halogenated alkanes) is 2. The molecule has 0 saturated carbocycles. The number of hydrogen-bond acceptors (Lipinski definition) is 11. The van der Waals surface area contributed by atoms with Crippen LogP contribution in [-0.2, 0) is 14.3 Å². The van der Waals surface area contributed by atoms with Crippen LogP contribution in [-0.4, -0.2) is 131 Å². The number of piperazine rings is 1. The van der Waals surface area contributed by atoms with Gasteiger partial charge in [-0.15, -0.1) is 0 Å². The first kappa shape index (κ1) is 46.9. The van der Waals surface area contributed by atoms with Gasteiger partial charge in [-0.25, -0.2) is 4.79 Å². The molecule has 0 radical (unpaired) electrons. The summed E-state index contributed by atoms with van der Waals surface area (Å²) in [6.45, 7) is 11.0. The molecule has 0 atom stereocenters. The van der Waals surface area contributed by atoms with Crippen LogP contribution >= 0.6 is 0 Å². The number of rotatable bonds is 19. The molecule has 15 heteroatoms. The van der Waals surface area contributed by atoms with Crippen LogP contribution in [0.15, 0.2) is 54.6 Å². The summed E-state index contributed by atoms with van der Waals surface area (Å²) < 4.78 is 23.4. The summed E-state index contributed by atoms with van der Waals surface area (Å²) in [5, 5.41) is 2.68. The molecule has 1 fully saturated rings. The molecule has 0 spiro atoms. The Kier molecular flexibility index (Phi) is 17.2. The lowest BCUT2D eigenvalue weighted by molar-refractivity contribution is -0.133. The quantitative estimate of drug-likeness (QED) is 0.0881. The fourth-order valence-corrected chi connectivity index (χ4v) is 6.32. The number of ketones is 1. The first-order valence-electron chi connectivity index (χ1n) is 20.4. The number of amides is 4. The number of aryl methyl sites for hydroxylation is 1. The predicted molar refractivity (Wildman–Crippen MR) is 231 cm³/mol. The lowest BCUT2D eigenvalue weighted by Crippen LogP contribution is -2.47. The highest BCUT2D eigenvalue weighted by Crippen LogP contribution is 2.36. The summed E-state index contributed by atoms with van der Waals surface area (Å²) in [7, 11) is 6.82.